The van der Waals surface area contributed by atoms with Crippen LogP contribution in [-0.4, -0.2) is 57.6 Å². The summed E-state index contributed by atoms with van der Waals surface area (Å²) >= 11 is 0. The van der Waals surface area contributed by atoms with E-state index in [2.05, 4.69) is 0 Å². The number of hydrogen-bond acceptors (Lipinski definition) is 5. The van der Waals surface area contributed by atoms with Gasteiger partial charge in [0.05, 0.1) is 6.61 Å². The van der Waals surface area contributed by atoms with E-state index in [1.807, 2.05) is 6.08 Å². The van der Waals surface area contributed by atoms with Crippen LogP contribution in [0, 0.1) is 0 Å². The maximum atomic E-state index is 9.82. The minimum absolute atomic E-state index is 0.366. The molecule has 0 radical (unpaired) electrons. The van der Waals surface area contributed by atoms with E-state index in [1.165, 1.54) is 0 Å². The number of rotatable bonds is 2. The SMILES string of the molecule is OC[C@H]1OC(C2=CCCC2)[C@H](O)[C@@H](O)[C@H]1O. The van der Waals surface area contributed by atoms with Crippen LogP contribution in [0.5, 0.6) is 0 Å². The van der Waals surface area contributed by atoms with Crippen molar-refractivity contribution >= 4 is 0 Å². The Balaban J connectivity index is 2.13. The summed E-state index contributed by atoms with van der Waals surface area (Å²) in [5, 5.41) is 38.1. The number of ether oxygens (including phenoxy) is 1. The van der Waals surface area contributed by atoms with Gasteiger partial charge in [-0.15, -0.1) is 0 Å². The first kappa shape index (κ1) is 12.0. The van der Waals surface area contributed by atoms with E-state index in [9.17, 15) is 15.3 Å². The van der Waals surface area contributed by atoms with Crippen LogP contribution in [0.1, 0.15) is 19.3 Å². The van der Waals surface area contributed by atoms with E-state index < -0.39 is 30.5 Å². The lowest BCUT2D eigenvalue weighted by molar-refractivity contribution is -0.219. The lowest BCUT2D eigenvalue weighted by Crippen LogP contribution is -2.58. The van der Waals surface area contributed by atoms with E-state index >= 15 is 0 Å². The van der Waals surface area contributed by atoms with Gasteiger partial charge in [-0.25, -0.2) is 0 Å². The highest BCUT2D eigenvalue weighted by Gasteiger charge is 2.44. The molecule has 1 fully saturated rings. The zero-order chi connectivity index (χ0) is 11.7. The molecule has 1 saturated heterocycles. The van der Waals surface area contributed by atoms with E-state index in [-0.39, 0.29) is 6.61 Å². The maximum Gasteiger partial charge on any atom is 0.112 e. The molecule has 0 spiro atoms. The first-order valence-corrected chi connectivity index (χ1v) is 5.64. The predicted molar refractivity (Wildman–Crippen MR) is 55.7 cm³/mol. The van der Waals surface area contributed by atoms with E-state index in [1.54, 1.807) is 0 Å². The van der Waals surface area contributed by atoms with Crippen LogP contribution in [0.25, 0.3) is 0 Å². The summed E-state index contributed by atoms with van der Waals surface area (Å²) in [6.07, 6.45) is -0.259. The highest BCUT2D eigenvalue weighted by Crippen LogP contribution is 2.31. The van der Waals surface area contributed by atoms with Crippen LogP contribution in [0.2, 0.25) is 0 Å². The van der Waals surface area contributed by atoms with Gasteiger partial charge in [-0.3, -0.25) is 0 Å². The Labute approximate surface area is 94.0 Å². The molecule has 1 aliphatic heterocycles. The molecule has 0 aromatic carbocycles. The summed E-state index contributed by atoms with van der Waals surface area (Å²) in [7, 11) is 0. The van der Waals surface area contributed by atoms with Crippen LogP contribution in [0.15, 0.2) is 11.6 Å². The molecule has 2 rings (SSSR count). The summed E-state index contributed by atoms with van der Waals surface area (Å²) < 4.78 is 5.44. The molecule has 1 heterocycles. The fourth-order valence-electron chi connectivity index (χ4n) is 2.36. The fraction of sp³-hybridized carbons (Fsp3) is 0.818. The van der Waals surface area contributed by atoms with Gasteiger partial charge in [0.1, 0.15) is 30.5 Å². The molecule has 0 aromatic heterocycles. The molecule has 0 aromatic rings. The lowest BCUT2D eigenvalue weighted by Gasteiger charge is -2.40. The molecule has 0 saturated carbocycles. The van der Waals surface area contributed by atoms with Crippen molar-refractivity contribution in [3.8, 4) is 0 Å². The molecule has 0 bridgehead atoms. The molecule has 5 nitrogen and oxygen atoms in total. The predicted octanol–water partition coefficient (Wildman–Crippen LogP) is -1.06. The van der Waals surface area contributed by atoms with Crippen LogP contribution >= 0.6 is 0 Å². The molecular formula is C11H18O5. The van der Waals surface area contributed by atoms with Gasteiger partial charge >= 0.3 is 0 Å². The van der Waals surface area contributed by atoms with Crippen molar-refractivity contribution in [3.05, 3.63) is 11.6 Å². The van der Waals surface area contributed by atoms with Crippen molar-refractivity contribution < 1.29 is 25.2 Å². The van der Waals surface area contributed by atoms with Crippen molar-refractivity contribution in [2.24, 2.45) is 0 Å². The summed E-state index contributed by atoms with van der Waals surface area (Å²) in [4.78, 5) is 0. The third-order valence-electron chi connectivity index (χ3n) is 3.33. The second-order valence-corrected chi connectivity index (χ2v) is 4.42. The molecule has 0 amide bonds. The standard InChI is InChI=1S/C11H18O5/c12-5-7-8(13)9(14)10(15)11(16-7)6-3-1-2-4-6/h3,7-15H,1-2,4-5H2/t7-,8+,9+,10-,11?/m1/s1. The average molecular weight is 230 g/mol. The summed E-state index contributed by atoms with van der Waals surface area (Å²) in [6, 6.07) is 0. The first-order valence-electron chi connectivity index (χ1n) is 5.64. The van der Waals surface area contributed by atoms with Crippen molar-refractivity contribution in [2.75, 3.05) is 6.61 Å². The zero-order valence-corrected chi connectivity index (χ0v) is 8.99. The minimum Gasteiger partial charge on any atom is -0.394 e. The van der Waals surface area contributed by atoms with Crippen molar-refractivity contribution in [1.82, 2.24) is 0 Å². The molecule has 2 aliphatic rings. The molecule has 1 aliphatic carbocycles. The Morgan fingerprint density at radius 2 is 1.94 bits per heavy atom. The van der Waals surface area contributed by atoms with Gasteiger partial charge in [0.2, 0.25) is 0 Å². The second-order valence-electron chi connectivity index (χ2n) is 4.42. The number of aliphatic hydroxyl groups excluding tert-OH is 4. The average Bonchev–Trinajstić information content (AvgIpc) is 2.80. The van der Waals surface area contributed by atoms with E-state index in [4.69, 9.17) is 9.84 Å². The number of allylic oxidation sites excluding steroid dienone is 1. The Kier molecular flexibility index (Phi) is 3.61. The van der Waals surface area contributed by atoms with Crippen molar-refractivity contribution in [3.63, 3.8) is 0 Å². The molecular weight excluding hydrogens is 212 g/mol. The molecule has 5 heteroatoms. The third kappa shape index (κ3) is 2.01. The quantitative estimate of drug-likeness (QED) is 0.454. The lowest BCUT2D eigenvalue weighted by atomic mass is 9.91. The fourth-order valence-corrected chi connectivity index (χ4v) is 2.36. The molecule has 5 atom stereocenters. The second kappa shape index (κ2) is 4.81. The monoisotopic (exact) mass is 230 g/mol. The first-order chi connectivity index (χ1) is 7.65. The molecule has 4 N–H and O–H groups in total. The third-order valence-corrected chi connectivity index (χ3v) is 3.33. The zero-order valence-electron chi connectivity index (χ0n) is 8.99. The number of aliphatic hydroxyl groups is 4. The Morgan fingerprint density at radius 3 is 2.50 bits per heavy atom. The Bertz CT molecular complexity index is 276. The molecule has 1 unspecified atom stereocenters. The van der Waals surface area contributed by atoms with Gasteiger partial charge in [0.25, 0.3) is 0 Å². The highest BCUT2D eigenvalue weighted by atomic mass is 16.5. The normalized spacial score (nSPS) is 44.5. The van der Waals surface area contributed by atoms with Crippen LogP contribution in [0.4, 0.5) is 0 Å². The molecule has 16 heavy (non-hydrogen) atoms. The minimum atomic E-state index is -1.27. The van der Waals surface area contributed by atoms with Gasteiger partial charge in [-0.1, -0.05) is 6.08 Å². The highest BCUT2D eigenvalue weighted by molar-refractivity contribution is 5.17. The smallest absolute Gasteiger partial charge is 0.112 e. The van der Waals surface area contributed by atoms with E-state index in [0.717, 1.165) is 24.8 Å². The van der Waals surface area contributed by atoms with Crippen LogP contribution in [0.3, 0.4) is 0 Å². The summed E-state index contributed by atoms with van der Waals surface area (Å²) in [5.74, 6) is 0. The van der Waals surface area contributed by atoms with Crippen LogP contribution in [-0.2, 0) is 4.74 Å². The topological polar surface area (TPSA) is 90.2 Å². The summed E-state index contributed by atoms with van der Waals surface area (Å²) in [6.45, 7) is -0.366. The van der Waals surface area contributed by atoms with Crippen molar-refractivity contribution in [2.45, 2.75) is 49.8 Å². The van der Waals surface area contributed by atoms with Gasteiger partial charge in [0, 0.05) is 0 Å². The maximum absolute atomic E-state index is 9.82. The Hall–Kier alpha value is -0.460. The molecule has 92 valence electrons. The van der Waals surface area contributed by atoms with E-state index in [0.29, 0.717) is 0 Å². The van der Waals surface area contributed by atoms with Gasteiger partial charge < -0.3 is 25.2 Å². The van der Waals surface area contributed by atoms with Gasteiger partial charge in [0.15, 0.2) is 0 Å². The Morgan fingerprint density at radius 1 is 1.19 bits per heavy atom. The van der Waals surface area contributed by atoms with Gasteiger partial charge in [-0.05, 0) is 24.8 Å². The largest absolute Gasteiger partial charge is 0.394 e. The van der Waals surface area contributed by atoms with Crippen molar-refractivity contribution in [1.29, 1.82) is 0 Å². The summed E-state index contributed by atoms with van der Waals surface area (Å²) in [5.41, 5.74) is 0.955. The van der Waals surface area contributed by atoms with Gasteiger partial charge in [-0.2, -0.15) is 0 Å². The number of hydrogen-bond donors (Lipinski definition) is 4. The van der Waals surface area contributed by atoms with Crippen LogP contribution < -0.4 is 0 Å².